The first-order chi connectivity index (χ1) is 9.10. The molecule has 0 heterocycles. The van der Waals surface area contributed by atoms with Crippen molar-refractivity contribution in [3.8, 4) is 0 Å². The SMILES string of the molecule is CCC(CC)CN(CC)Cc1ccc(C(=O)O)cc1. The van der Waals surface area contributed by atoms with Crippen LogP contribution in [0.4, 0.5) is 0 Å². The second-order valence-corrected chi connectivity index (χ2v) is 5.01. The molecule has 1 aromatic rings. The third-order valence-corrected chi connectivity index (χ3v) is 3.73. The summed E-state index contributed by atoms with van der Waals surface area (Å²) in [4.78, 5) is 13.2. The molecule has 19 heavy (non-hydrogen) atoms. The van der Waals surface area contributed by atoms with Gasteiger partial charge in [-0.05, 0) is 30.2 Å². The molecule has 0 amide bonds. The molecule has 3 nitrogen and oxygen atoms in total. The Labute approximate surface area is 116 Å². The molecule has 0 aliphatic rings. The van der Waals surface area contributed by atoms with Gasteiger partial charge in [0.05, 0.1) is 5.56 Å². The number of hydrogen-bond donors (Lipinski definition) is 1. The standard InChI is InChI=1S/C16H25NO2/c1-4-13(5-2)11-17(6-3)12-14-7-9-15(10-8-14)16(18)19/h7-10,13H,4-6,11-12H2,1-3H3,(H,18,19). The molecule has 0 bridgehead atoms. The lowest BCUT2D eigenvalue weighted by molar-refractivity contribution is 0.0697. The van der Waals surface area contributed by atoms with Gasteiger partial charge in [0.1, 0.15) is 0 Å². The zero-order valence-corrected chi connectivity index (χ0v) is 12.2. The molecule has 0 unspecified atom stereocenters. The van der Waals surface area contributed by atoms with Gasteiger partial charge in [-0.3, -0.25) is 4.90 Å². The maximum atomic E-state index is 10.8. The van der Waals surface area contributed by atoms with Crippen LogP contribution in [0.15, 0.2) is 24.3 Å². The highest BCUT2D eigenvalue weighted by atomic mass is 16.4. The molecule has 3 heteroatoms. The molecule has 0 atom stereocenters. The zero-order chi connectivity index (χ0) is 14.3. The minimum atomic E-state index is -0.865. The van der Waals surface area contributed by atoms with Crippen LogP contribution in [0.2, 0.25) is 0 Å². The summed E-state index contributed by atoms with van der Waals surface area (Å²) in [5.74, 6) is -0.117. The number of hydrogen-bond acceptors (Lipinski definition) is 2. The summed E-state index contributed by atoms with van der Waals surface area (Å²) in [5.41, 5.74) is 1.53. The first-order valence-corrected chi connectivity index (χ1v) is 7.15. The van der Waals surface area contributed by atoms with Crippen LogP contribution in [-0.2, 0) is 6.54 Å². The van der Waals surface area contributed by atoms with Crippen LogP contribution < -0.4 is 0 Å². The summed E-state index contributed by atoms with van der Waals surface area (Å²) in [6, 6.07) is 7.20. The van der Waals surface area contributed by atoms with E-state index < -0.39 is 5.97 Å². The summed E-state index contributed by atoms with van der Waals surface area (Å²) in [5, 5.41) is 8.88. The van der Waals surface area contributed by atoms with Crippen molar-refractivity contribution in [1.82, 2.24) is 4.90 Å². The highest BCUT2D eigenvalue weighted by Gasteiger charge is 2.10. The van der Waals surface area contributed by atoms with E-state index in [1.165, 1.54) is 18.4 Å². The molecule has 0 aliphatic heterocycles. The summed E-state index contributed by atoms with van der Waals surface area (Å²) in [7, 11) is 0. The van der Waals surface area contributed by atoms with E-state index >= 15 is 0 Å². The van der Waals surface area contributed by atoms with Gasteiger partial charge in [-0.2, -0.15) is 0 Å². The number of benzene rings is 1. The Bertz CT molecular complexity index is 382. The molecule has 0 fully saturated rings. The molecule has 0 saturated heterocycles. The Kier molecular flexibility index (Phi) is 6.57. The van der Waals surface area contributed by atoms with E-state index in [2.05, 4.69) is 25.7 Å². The molecule has 1 aromatic carbocycles. The fourth-order valence-corrected chi connectivity index (χ4v) is 2.23. The van der Waals surface area contributed by atoms with Crippen LogP contribution in [0, 0.1) is 5.92 Å². The van der Waals surface area contributed by atoms with Crippen LogP contribution in [-0.4, -0.2) is 29.1 Å². The number of carboxylic acids is 1. The van der Waals surface area contributed by atoms with Gasteiger partial charge in [-0.15, -0.1) is 0 Å². The highest BCUT2D eigenvalue weighted by Crippen LogP contribution is 2.13. The minimum absolute atomic E-state index is 0.354. The Balaban J connectivity index is 2.62. The molecule has 0 aromatic heterocycles. The first kappa shape index (κ1) is 15.7. The molecular formula is C16H25NO2. The van der Waals surface area contributed by atoms with Gasteiger partial charge in [0.2, 0.25) is 0 Å². The fraction of sp³-hybridized carbons (Fsp3) is 0.562. The maximum absolute atomic E-state index is 10.8. The van der Waals surface area contributed by atoms with E-state index in [4.69, 9.17) is 5.11 Å². The van der Waals surface area contributed by atoms with E-state index in [0.29, 0.717) is 5.56 Å². The van der Waals surface area contributed by atoms with Crippen molar-refractivity contribution in [3.05, 3.63) is 35.4 Å². The van der Waals surface area contributed by atoms with Gasteiger partial charge < -0.3 is 5.11 Å². The van der Waals surface area contributed by atoms with Gasteiger partial charge in [-0.1, -0.05) is 45.7 Å². The summed E-state index contributed by atoms with van der Waals surface area (Å²) >= 11 is 0. The molecule has 0 spiro atoms. The van der Waals surface area contributed by atoms with Crippen molar-refractivity contribution in [3.63, 3.8) is 0 Å². The van der Waals surface area contributed by atoms with Crippen molar-refractivity contribution in [2.45, 2.75) is 40.2 Å². The molecular weight excluding hydrogens is 238 g/mol. The van der Waals surface area contributed by atoms with E-state index in [1.807, 2.05) is 12.1 Å². The van der Waals surface area contributed by atoms with E-state index in [0.717, 1.165) is 25.6 Å². The number of carbonyl (C=O) groups is 1. The molecule has 0 aliphatic carbocycles. The average molecular weight is 263 g/mol. The normalized spacial score (nSPS) is 11.2. The van der Waals surface area contributed by atoms with E-state index in [-0.39, 0.29) is 0 Å². The van der Waals surface area contributed by atoms with E-state index in [9.17, 15) is 4.79 Å². The second kappa shape index (κ2) is 7.95. The number of carboxylic acid groups (broad SMARTS) is 1. The monoisotopic (exact) mass is 263 g/mol. The minimum Gasteiger partial charge on any atom is -0.478 e. The lowest BCUT2D eigenvalue weighted by Gasteiger charge is -2.25. The summed E-state index contributed by atoms with van der Waals surface area (Å²) < 4.78 is 0. The van der Waals surface area contributed by atoms with Crippen LogP contribution in [0.3, 0.4) is 0 Å². The molecule has 1 rings (SSSR count). The Morgan fingerprint density at radius 3 is 2.16 bits per heavy atom. The Morgan fingerprint density at radius 1 is 1.16 bits per heavy atom. The zero-order valence-electron chi connectivity index (χ0n) is 12.2. The van der Waals surface area contributed by atoms with Crippen LogP contribution in [0.25, 0.3) is 0 Å². The Morgan fingerprint density at radius 2 is 1.74 bits per heavy atom. The largest absolute Gasteiger partial charge is 0.478 e. The molecule has 0 radical (unpaired) electrons. The van der Waals surface area contributed by atoms with Gasteiger partial charge >= 0.3 is 5.97 Å². The Hall–Kier alpha value is -1.35. The predicted octanol–water partition coefficient (Wildman–Crippen LogP) is 3.64. The quantitative estimate of drug-likeness (QED) is 0.778. The van der Waals surface area contributed by atoms with Gasteiger partial charge in [0.25, 0.3) is 0 Å². The molecule has 1 N–H and O–H groups in total. The van der Waals surface area contributed by atoms with Gasteiger partial charge in [0.15, 0.2) is 0 Å². The third-order valence-electron chi connectivity index (χ3n) is 3.73. The average Bonchev–Trinajstić information content (AvgIpc) is 2.43. The van der Waals surface area contributed by atoms with Crippen molar-refractivity contribution < 1.29 is 9.90 Å². The maximum Gasteiger partial charge on any atom is 0.335 e. The van der Waals surface area contributed by atoms with Crippen molar-refractivity contribution in [2.75, 3.05) is 13.1 Å². The van der Waals surface area contributed by atoms with Crippen molar-refractivity contribution in [2.24, 2.45) is 5.92 Å². The first-order valence-electron chi connectivity index (χ1n) is 7.15. The molecule has 106 valence electrons. The number of rotatable bonds is 8. The van der Waals surface area contributed by atoms with Crippen LogP contribution in [0.5, 0.6) is 0 Å². The summed E-state index contributed by atoms with van der Waals surface area (Å²) in [6.45, 7) is 9.69. The highest BCUT2D eigenvalue weighted by molar-refractivity contribution is 5.87. The summed E-state index contributed by atoms with van der Waals surface area (Å²) in [6.07, 6.45) is 2.43. The predicted molar refractivity (Wildman–Crippen MR) is 78.4 cm³/mol. The topological polar surface area (TPSA) is 40.5 Å². The van der Waals surface area contributed by atoms with E-state index in [1.54, 1.807) is 12.1 Å². The smallest absolute Gasteiger partial charge is 0.335 e. The lowest BCUT2D eigenvalue weighted by atomic mass is 10.0. The second-order valence-electron chi connectivity index (χ2n) is 5.01. The van der Waals surface area contributed by atoms with Gasteiger partial charge in [0, 0.05) is 13.1 Å². The van der Waals surface area contributed by atoms with Crippen LogP contribution >= 0.6 is 0 Å². The fourth-order valence-electron chi connectivity index (χ4n) is 2.23. The van der Waals surface area contributed by atoms with Gasteiger partial charge in [-0.25, -0.2) is 4.79 Å². The molecule has 0 saturated carbocycles. The lowest BCUT2D eigenvalue weighted by Crippen LogP contribution is -2.28. The van der Waals surface area contributed by atoms with Crippen molar-refractivity contribution in [1.29, 1.82) is 0 Å². The van der Waals surface area contributed by atoms with Crippen LogP contribution in [0.1, 0.15) is 49.5 Å². The number of aromatic carboxylic acids is 1. The van der Waals surface area contributed by atoms with Crippen molar-refractivity contribution >= 4 is 5.97 Å². The number of nitrogens with zero attached hydrogens (tertiary/aromatic N) is 1. The third kappa shape index (κ3) is 5.03.